The van der Waals surface area contributed by atoms with Crippen molar-refractivity contribution in [2.45, 2.75) is 27.7 Å². The molecule has 0 aliphatic rings. The van der Waals surface area contributed by atoms with Crippen molar-refractivity contribution >= 4 is 11.9 Å². The molecular formula is C26H26O4. The van der Waals surface area contributed by atoms with Crippen molar-refractivity contribution in [2.75, 3.05) is 13.2 Å². The average molecular weight is 402 g/mol. The second-order valence-electron chi connectivity index (χ2n) is 7.12. The summed E-state index contributed by atoms with van der Waals surface area (Å²) in [6.45, 7) is 7.98. The topological polar surface area (TPSA) is 52.6 Å². The summed E-state index contributed by atoms with van der Waals surface area (Å²) in [6, 6.07) is 19.6. The Kier molecular flexibility index (Phi) is 6.68. The molecule has 0 N–H and O–H groups in total. The third-order valence-corrected chi connectivity index (χ3v) is 4.87. The molecule has 0 amide bonds. The van der Waals surface area contributed by atoms with Crippen LogP contribution in [-0.4, -0.2) is 25.2 Å². The van der Waals surface area contributed by atoms with Crippen LogP contribution in [0.5, 0.6) is 0 Å². The van der Waals surface area contributed by atoms with Crippen LogP contribution in [0, 0.1) is 13.8 Å². The fraction of sp³-hybridized carbons (Fsp3) is 0.231. The molecule has 3 rings (SSSR count). The van der Waals surface area contributed by atoms with E-state index < -0.39 is 11.9 Å². The number of rotatable bonds is 6. The summed E-state index contributed by atoms with van der Waals surface area (Å²) in [5, 5.41) is 0. The predicted molar refractivity (Wildman–Crippen MR) is 119 cm³/mol. The van der Waals surface area contributed by atoms with E-state index in [1.807, 2.05) is 62.4 Å². The molecule has 4 nitrogen and oxygen atoms in total. The van der Waals surface area contributed by atoms with E-state index >= 15 is 0 Å². The summed E-state index contributed by atoms with van der Waals surface area (Å²) in [5.74, 6) is -1.08. The van der Waals surface area contributed by atoms with Crippen molar-refractivity contribution in [2.24, 2.45) is 0 Å². The monoisotopic (exact) mass is 402 g/mol. The van der Waals surface area contributed by atoms with Crippen molar-refractivity contribution in [1.29, 1.82) is 0 Å². The van der Waals surface area contributed by atoms with E-state index in [0.29, 0.717) is 0 Å². The van der Waals surface area contributed by atoms with Crippen LogP contribution in [-0.2, 0) is 9.47 Å². The fourth-order valence-corrected chi connectivity index (χ4v) is 3.30. The van der Waals surface area contributed by atoms with Gasteiger partial charge < -0.3 is 9.47 Å². The summed E-state index contributed by atoms with van der Waals surface area (Å²) in [6.07, 6.45) is 0. The minimum absolute atomic E-state index is 0.210. The van der Waals surface area contributed by atoms with Gasteiger partial charge in [0, 0.05) is 0 Å². The zero-order chi connectivity index (χ0) is 21.7. The van der Waals surface area contributed by atoms with E-state index in [-0.39, 0.29) is 24.3 Å². The lowest BCUT2D eigenvalue weighted by Gasteiger charge is -2.16. The van der Waals surface area contributed by atoms with Crippen molar-refractivity contribution in [3.05, 3.63) is 82.9 Å². The van der Waals surface area contributed by atoms with Gasteiger partial charge in [-0.25, -0.2) is 9.59 Å². The van der Waals surface area contributed by atoms with Crippen molar-refractivity contribution in [3.63, 3.8) is 0 Å². The van der Waals surface area contributed by atoms with Gasteiger partial charge in [0.25, 0.3) is 0 Å². The Morgan fingerprint density at radius 2 is 0.967 bits per heavy atom. The van der Waals surface area contributed by atoms with Crippen LogP contribution in [0.25, 0.3) is 22.3 Å². The van der Waals surface area contributed by atoms with Crippen LogP contribution in [0.15, 0.2) is 60.7 Å². The molecule has 0 heterocycles. The number of hydrogen-bond donors (Lipinski definition) is 0. The highest BCUT2D eigenvalue weighted by Gasteiger charge is 2.23. The lowest BCUT2D eigenvalue weighted by Crippen LogP contribution is -2.15. The van der Waals surface area contributed by atoms with Gasteiger partial charge in [-0.2, -0.15) is 0 Å². The molecule has 0 radical (unpaired) electrons. The maximum Gasteiger partial charge on any atom is 0.339 e. The quantitative estimate of drug-likeness (QED) is 0.475. The number of benzene rings is 3. The van der Waals surface area contributed by atoms with E-state index in [0.717, 1.165) is 33.4 Å². The molecular weight excluding hydrogens is 376 g/mol. The number of aryl methyl sites for hydroxylation is 2. The lowest BCUT2D eigenvalue weighted by atomic mass is 9.89. The Bertz CT molecular complexity index is 961. The van der Waals surface area contributed by atoms with Crippen molar-refractivity contribution in [1.82, 2.24) is 0 Å². The van der Waals surface area contributed by atoms with Crippen LogP contribution in [0.1, 0.15) is 45.7 Å². The lowest BCUT2D eigenvalue weighted by molar-refractivity contribution is 0.0479. The van der Waals surface area contributed by atoms with Gasteiger partial charge in [0.15, 0.2) is 0 Å². The zero-order valence-electron chi connectivity index (χ0n) is 17.8. The Morgan fingerprint density at radius 1 is 0.633 bits per heavy atom. The summed E-state index contributed by atoms with van der Waals surface area (Å²) in [4.78, 5) is 25.3. The molecule has 0 aromatic heterocycles. The van der Waals surface area contributed by atoms with E-state index in [1.54, 1.807) is 26.0 Å². The Hall–Kier alpha value is -3.40. The standard InChI is InChI=1S/C26H26O4/c1-5-29-25(27)23-15-21(19-11-7-17(3)8-12-19)22(16-24(23)26(28)30-6-2)20-13-9-18(4)10-14-20/h7-16H,5-6H2,1-4H3. The Balaban J connectivity index is 2.30. The molecule has 3 aromatic carbocycles. The molecule has 0 spiro atoms. The Labute approximate surface area is 177 Å². The summed E-state index contributed by atoms with van der Waals surface area (Å²) >= 11 is 0. The van der Waals surface area contributed by atoms with Gasteiger partial charge in [0.2, 0.25) is 0 Å². The fourth-order valence-electron chi connectivity index (χ4n) is 3.30. The van der Waals surface area contributed by atoms with Crippen LogP contribution in [0.4, 0.5) is 0 Å². The van der Waals surface area contributed by atoms with Crippen molar-refractivity contribution < 1.29 is 19.1 Å². The third kappa shape index (κ3) is 4.60. The first-order chi connectivity index (χ1) is 14.4. The number of hydrogen-bond acceptors (Lipinski definition) is 4. The van der Waals surface area contributed by atoms with Gasteiger partial charge in [-0.1, -0.05) is 59.7 Å². The molecule has 154 valence electrons. The maximum absolute atomic E-state index is 12.7. The number of carbonyl (C=O) groups is 2. The third-order valence-electron chi connectivity index (χ3n) is 4.87. The van der Waals surface area contributed by atoms with E-state index in [4.69, 9.17) is 9.47 Å². The van der Waals surface area contributed by atoms with E-state index in [2.05, 4.69) is 0 Å². The largest absolute Gasteiger partial charge is 0.462 e. The summed E-state index contributed by atoms with van der Waals surface area (Å²) < 4.78 is 10.4. The highest BCUT2D eigenvalue weighted by atomic mass is 16.5. The predicted octanol–water partition coefficient (Wildman–Crippen LogP) is 5.99. The van der Waals surface area contributed by atoms with Crippen molar-refractivity contribution in [3.8, 4) is 22.3 Å². The van der Waals surface area contributed by atoms with Gasteiger partial charge in [-0.15, -0.1) is 0 Å². The summed E-state index contributed by atoms with van der Waals surface area (Å²) in [7, 11) is 0. The first-order valence-electron chi connectivity index (χ1n) is 10.1. The van der Waals surface area contributed by atoms with Gasteiger partial charge in [-0.05, 0) is 62.1 Å². The second kappa shape index (κ2) is 9.40. The molecule has 0 saturated heterocycles. The molecule has 0 atom stereocenters. The zero-order valence-corrected chi connectivity index (χ0v) is 17.8. The van der Waals surface area contributed by atoms with E-state index in [9.17, 15) is 9.59 Å². The smallest absolute Gasteiger partial charge is 0.339 e. The van der Waals surface area contributed by atoms with E-state index in [1.165, 1.54) is 0 Å². The minimum Gasteiger partial charge on any atom is -0.462 e. The molecule has 0 bridgehead atoms. The number of esters is 2. The first-order valence-corrected chi connectivity index (χ1v) is 10.1. The van der Waals surface area contributed by atoms with Gasteiger partial charge in [-0.3, -0.25) is 0 Å². The van der Waals surface area contributed by atoms with Crippen LogP contribution < -0.4 is 0 Å². The SMILES string of the molecule is CCOC(=O)c1cc(-c2ccc(C)cc2)c(-c2ccc(C)cc2)cc1C(=O)OCC. The Morgan fingerprint density at radius 3 is 1.27 bits per heavy atom. The molecule has 4 heteroatoms. The van der Waals surface area contributed by atoms with Gasteiger partial charge >= 0.3 is 11.9 Å². The minimum atomic E-state index is -0.538. The maximum atomic E-state index is 12.7. The van der Waals surface area contributed by atoms with Gasteiger partial charge in [0.05, 0.1) is 24.3 Å². The van der Waals surface area contributed by atoms with Crippen LogP contribution in [0.3, 0.4) is 0 Å². The highest BCUT2D eigenvalue weighted by molar-refractivity contribution is 6.06. The highest BCUT2D eigenvalue weighted by Crippen LogP contribution is 2.35. The molecule has 0 aliphatic heterocycles. The molecule has 3 aromatic rings. The van der Waals surface area contributed by atoms with Crippen LogP contribution in [0.2, 0.25) is 0 Å². The molecule has 0 aliphatic carbocycles. The second-order valence-corrected chi connectivity index (χ2v) is 7.12. The number of ether oxygens (including phenoxy) is 2. The number of carbonyl (C=O) groups excluding carboxylic acids is 2. The molecule has 0 unspecified atom stereocenters. The molecule has 0 fully saturated rings. The summed E-state index contributed by atoms with van der Waals surface area (Å²) in [5.41, 5.74) is 6.33. The first kappa shape index (κ1) is 21.3. The molecule has 30 heavy (non-hydrogen) atoms. The average Bonchev–Trinajstić information content (AvgIpc) is 2.74. The van der Waals surface area contributed by atoms with Gasteiger partial charge in [0.1, 0.15) is 0 Å². The van der Waals surface area contributed by atoms with Crippen LogP contribution >= 0.6 is 0 Å². The normalized spacial score (nSPS) is 10.5. The molecule has 0 saturated carbocycles.